The number of hydrogen-bond donors (Lipinski definition) is 0. The van der Waals surface area contributed by atoms with Crippen molar-refractivity contribution in [2.75, 3.05) is 13.3 Å². The molecule has 0 bridgehead atoms. The van der Waals surface area contributed by atoms with E-state index in [2.05, 4.69) is 18.7 Å². The van der Waals surface area contributed by atoms with Gasteiger partial charge >= 0.3 is 152 Å². The predicted molar refractivity (Wildman–Crippen MR) is 101 cm³/mol. The number of benzene rings is 2. The average Bonchev–Trinajstić information content (AvgIpc) is 3.16. The van der Waals surface area contributed by atoms with Gasteiger partial charge < -0.3 is 0 Å². The second kappa shape index (κ2) is 8.28. The van der Waals surface area contributed by atoms with Gasteiger partial charge in [0.1, 0.15) is 0 Å². The number of hydrogen-bond acceptors (Lipinski definition) is 1. The summed E-state index contributed by atoms with van der Waals surface area (Å²) in [5.74, 6) is 0.573. The summed E-state index contributed by atoms with van der Waals surface area (Å²) in [5, 5.41) is 0. The minimum atomic E-state index is -1.61. The average molecular weight is 403 g/mol. The van der Waals surface area contributed by atoms with E-state index in [9.17, 15) is 8.78 Å². The van der Waals surface area contributed by atoms with Crippen LogP contribution in [0.15, 0.2) is 67.2 Å². The van der Waals surface area contributed by atoms with E-state index >= 15 is 0 Å². The van der Waals surface area contributed by atoms with E-state index in [0.29, 0.717) is 5.75 Å². The van der Waals surface area contributed by atoms with Crippen LogP contribution in [0.2, 0.25) is 0 Å². The second-order valence-corrected chi connectivity index (χ2v) is 7.89. The molecule has 0 saturated heterocycles. The number of rotatable bonds is 7. The zero-order valence-electron chi connectivity index (χ0n) is 13.6. The first-order chi connectivity index (χ1) is 12.2. The van der Waals surface area contributed by atoms with Crippen molar-refractivity contribution in [1.29, 1.82) is 0 Å². The first kappa shape index (κ1) is 17.7. The van der Waals surface area contributed by atoms with E-state index in [4.69, 9.17) is 4.74 Å². The molecule has 128 valence electrons. The Morgan fingerprint density at radius 3 is 2.52 bits per heavy atom. The van der Waals surface area contributed by atoms with Crippen molar-refractivity contribution in [3.8, 4) is 26.9 Å². The molecule has 0 amide bonds. The van der Waals surface area contributed by atoms with Crippen LogP contribution in [0, 0.1) is 0 Å². The summed E-state index contributed by atoms with van der Waals surface area (Å²) in [6.45, 7) is 2.48. The fourth-order valence-corrected chi connectivity index (χ4v) is 4.29. The predicted octanol–water partition coefficient (Wildman–Crippen LogP) is 5.41. The molecule has 0 aliphatic carbocycles. The molecule has 0 spiro atoms. The molecule has 0 radical (unpaired) electrons. The van der Waals surface area contributed by atoms with E-state index in [1.165, 1.54) is 8.87 Å². The van der Waals surface area contributed by atoms with Crippen molar-refractivity contribution in [3.63, 3.8) is 0 Å². The number of halogens is 2. The molecule has 3 aromatic rings. The van der Waals surface area contributed by atoms with Gasteiger partial charge in [-0.3, -0.25) is 0 Å². The van der Waals surface area contributed by atoms with Crippen molar-refractivity contribution >= 4 is 20.6 Å². The summed E-state index contributed by atoms with van der Waals surface area (Å²) < 4.78 is 33.8. The normalized spacial score (nSPS) is 11.9. The SMILES string of the molecule is C=Cc1ccc(-c2ccc(-c3ccccc3)c(OCC(F)CF)c2)[se]1. The van der Waals surface area contributed by atoms with Crippen LogP contribution in [0.4, 0.5) is 8.78 Å². The van der Waals surface area contributed by atoms with Gasteiger partial charge in [0.2, 0.25) is 0 Å². The first-order valence-electron chi connectivity index (χ1n) is 7.96. The molecule has 0 fully saturated rings. The van der Waals surface area contributed by atoms with Gasteiger partial charge in [0.15, 0.2) is 0 Å². The molecule has 1 atom stereocenters. The van der Waals surface area contributed by atoms with E-state index in [1.54, 1.807) is 0 Å². The Bertz CT molecular complexity index is 842. The van der Waals surface area contributed by atoms with Gasteiger partial charge in [-0.15, -0.1) is 0 Å². The standard InChI is InChI=1S/C21H18F2OSe/c1-2-18-9-11-21(25-18)16-8-10-19(15-6-4-3-5-7-15)20(12-16)24-14-17(23)13-22/h2-12,17H,1,13-14H2. The van der Waals surface area contributed by atoms with E-state index < -0.39 is 12.8 Å². The zero-order valence-corrected chi connectivity index (χ0v) is 15.3. The van der Waals surface area contributed by atoms with Crippen LogP contribution in [0.1, 0.15) is 4.44 Å². The molecule has 3 rings (SSSR count). The van der Waals surface area contributed by atoms with Crippen LogP contribution >= 0.6 is 0 Å². The van der Waals surface area contributed by atoms with Crippen LogP contribution in [-0.2, 0) is 0 Å². The molecule has 1 nitrogen and oxygen atoms in total. The van der Waals surface area contributed by atoms with Crippen LogP contribution < -0.4 is 4.74 Å². The number of alkyl halides is 2. The Morgan fingerprint density at radius 1 is 1.04 bits per heavy atom. The minimum absolute atomic E-state index is 0.203. The maximum absolute atomic E-state index is 13.3. The van der Waals surface area contributed by atoms with Crippen molar-refractivity contribution in [3.05, 3.63) is 71.7 Å². The van der Waals surface area contributed by atoms with Crippen LogP contribution in [-0.4, -0.2) is 34.0 Å². The third kappa shape index (κ3) is 4.28. The van der Waals surface area contributed by atoms with Crippen molar-refractivity contribution < 1.29 is 13.5 Å². The topological polar surface area (TPSA) is 9.23 Å². The van der Waals surface area contributed by atoms with Crippen molar-refractivity contribution in [1.82, 2.24) is 0 Å². The summed E-state index contributed by atoms with van der Waals surface area (Å²) in [4.78, 5) is 0. The van der Waals surface area contributed by atoms with Crippen LogP contribution in [0.5, 0.6) is 5.75 Å². The second-order valence-electron chi connectivity index (χ2n) is 5.55. The molecule has 1 aromatic heterocycles. The van der Waals surface area contributed by atoms with Gasteiger partial charge in [-0.1, -0.05) is 0 Å². The van der Waals surface area contributed by atoms with E-state index in [0.717, 1.165) is 16.7 Å². The molecular formula is C21H18F2OSe. The molecule has 25 heavy (non-hydrogen) atoms. The molecule has 0 saturated carbocycles. The Labute approximate surface area is 152 Å². The van der Waals surface area contributed by atoms with Gasteiger partial charge in [0.25, 0.3) is 0 Å². The van der Waals surface area contributed by atoms with Gasteiger partial charge in [-0.2, -0.15) is 0 Å². The van der Waals surface area contributed by atoms with E-state index in [1.807, 2.05) is 54.6 Å². The van der Waals surface area contributed by atoms with Gasteiger partial charge in [-0.25, -0.2) is 0 Å². The molecule has 1 heterocycles. The number of ether oxygens (including phenoxy) is 1. The summed E-state index contributed by atoms with van der Waals surface area (Å²) >= 11 is 0.203. The monoisotopic (exact) mass is 404 g/mol. The van der Waals surface area contributed by atoms with Crippen LogP contribution in [0.3, 0.4) is 0 Å². The zero-order chi connectivity index (χ0) is 17.6. The fraction of sp³-hybridized carbons (Fsp3) is 0.143. The quantitative estimate of drug-likeness (QED) is 0.480. The Morgan fingerprint density at radius 2 is 1.84 bits per heavy atom. The molecular weight excluding hydrogens is 385 g/mol. The van der Waals surface area contributed by atoms with Crippen LogP contribution in [0.25, 0.3) is 27.2 Å². The Balaban J connectivity index is 1.98. The maximum atomic E-state index is 13.3. The third-order valence-corrected chi connectivity index (χ3v) is 6.14. The summed E-state index contributed by atoms with van der Waals surface area (Å²) in [6.07, 6.45) is 0.255. The van der Waals surface area contributed by atoms with Gasteiger partial charge in [0.05, 0.1) is 0 Å². The summed E-state index contributed by atoms with van der Waals surface area (Å²) in [6, 6.07) is 19.8. The summed E-state index contributed by atoms with van der Waals surface area (Å²) in [5.41, 5.74) is 2.90. The molecule has 2 aromatic carbocycles. The molecule has 0 aliphatic heterocycles. The fourth-order valence-electron chi connectivity index (χ4n) is 2.49. The van der Waals surface area contributed by atoms with E-state index in [-0.39, 0.29) is 21.1 Å². The third-order valence-electron chi connectivity index (χ3n) is 3.77. The molecule has 0 N–H and O–H groups in total. The van der Waals surface area contributed by atoms with Crippen molar-refractivity contribution in [2.24, 2.45) is 0 Å². The molecule has 1 unspecified atom stereocenters. The van der Waals surface area contributed by atoms with Gasteiger partial charge in [0, 0.05) is 0 Å². The molecule has 4 heteroatoms. The molecule has 0 aliphatic rings. The Kier molecular flexibility index (Phi) is 5.85. The summed E-state index contributed by atoms with van der Waals surface area (Å²) in [7, 11) is 0. The van der Waals surface area contributed by atoms with Gasteiger partial charge in [-0.05, 0) is 0 Å². The first-order valence-corrected chi connectivity index (χ1v) is 9.67. The Hall–Kier alpha value is -2.16. The van der Waals surface area contributed by atoms with Crippen molar-refractivity contribution in [2.45, 2.75) is 6.17 Å².